The molecular formula is C15H21Cl2NO. The number of nitrogens with zero attached hydrogens (tertiary/aromatic N) is 1. The summed E-state index contributed by atoms with van der Waals surface area (Å²) in [6.07, 6.45) is 2.87. The van der Waals surface area contributed by atoms with E-state index in [2.05, 4.69) is 11.8 Å². The first-order chi connectivity index (χ1) is 9.11. The van der Waals surface area contributed by atoms with Crippen LogP contribution in [0.3, 0.4) is 0 Å². The van der Waals surface area contributed by atoms with Gasteiger partial charge in [0.15, 0.2) is 0 Å². The number of aliphatic hydroxyl groups is 1. The van der Waals surface area contributed by atoms with Gasteiger partial charge in [-0.3, -0.25) is 0 Å². The topological polar surface area (TPSA) is 23.5 Å². The molecule has 1 atom stereocenters. The zero-order valence-corrected chi connectivity index (χ0v) is 12.8. The summed E-state index contributed by atoms with van der Waals surface area (Å²) in [5.74, 6) is 0.881. The van der Waals surface area contributed by atoms with Crippen molar-refractivity contribution in [1.29, 1.82) is 0 Å². The Balaban J connectivity index is 1.88. The predicted octanol–water partition coefficient (Wildman–Crippen LogP) is 4.15. The monoisotopic (exact) mass is 301 g/mol. The summed E-state index contributed by atoms with van der Waals surface area (Å²) >= 11 is 12.1. The molecule has 2 nitrogen and oxygen atoms in total. The molecule has 0 amide bonds. The lowest BCUT2D eigenvalue weighted by molar-refractivity contribution is 0.142. The minimum absolute atomic E-state index is 0.474. The number of hydrogen-bond acceptors (Lipinski definition) is 2. The first-order valence-corrected chi connectivity index (χ1v) is 7.71. The van der Waals surface area contributed by atoms with Gasteiger partial charge >= 0.3 is 0 Å². The fourth-order valence-electron chi connectivity index (χ4n) is 2.28. The number of rotatable bonds is 7. The lowest BCUT2D eigenvalue weighted by Crippen LogP contribution is -2.28. The zero-order valence-electron chi connectivity index (χ0n) is 11.3. The van der Waals surface area contributed by atoms with Gasteiger partial charge in [0.2, 0.25) is 0 Å². The maximum absolute atomic E-state index is 10.3. The molecule has 19 heavy (non-hydrogen) atoms. The van der Waals surface area contributed by atoms with Crippen LogP contribution in [0.15, 0.2) is 18.2 Å². The fourth-order valence-corrected chi connectivity index (χ4v) is 2.72. The van der Waals surface area contributed by atoms with Gasteiger partial charge in [0, 0.05) is 18.7 Å². The smallest absolute Gasteiger partial charge is 0.0817 e. The standard InChI is InChI=1S/C15H21Cl2NO/c1-2-18(10-11-6-7-11)9-8-14(19)12-4-3-5-13(16)15(12)17/h3-5,11,14,19H,2,6-10H2,1H3. The maximum atomic E-state index is 10.3. The van der Waals surface area contributed by atoms with Crippen molar-refractivity contribution in [1.82, 2.24) is 4.90 Å². The first-order valence-electron chi connectivity index (χ1n) is 6.96. The third kappa shape index (κ3) is 4.35. The van der Waals surface area contributed by atoms with Gasteiger partial charge in [0.05, 0.1) is 16.1 Å². The highest BCUT2D eigenvalue weighted by molar-refractivity contribution is 6.42. The van der Waals surface area contributed by atoms with Gasteiger partial charge in [-0.05, 0) is 37.8 Å². The molecule has 1 unspecified atom stereocenters. The van der Waals surface area contributed by atoms with E-state index in [-0.39, 0.29) is 0 Å². The van der Waals surface area contributed by atoms with E-state index >= 15 is 0 Å². The van der Waals surface area contributed by atoms with E-state index in [0.29, 0.717) is 16.5 Å². The Morgan fingerprint density at radius 2 is 2.11 bits per heavy atom. The highest BCUT2D eigenvalue weighted by Crippen LogP contribution is 2.32. The van der Waals surface area contributed by atoms with Crippen LogP contribution in [0, 0.1) is 5.92 Å². The molecule has 0 aromatic heterocycles. The molecule has 1 aromatic carbocycles. The summed E-state index contributed by atoms with van der Waals surface area (Å²) < 4.78 is 0. The molecule has 1 N–H and O–H groups in total. The predicted molar refractivity (Wildman–Crippen MR) is 80.9 cm³/mol. The molecule has 1 aromatic rings. The van der Waals surface area contributed by atoms with Crippen LogP contribution in [-0.4, -0.2) is 29.6 Å². The fraction of sp³-hybridized carbons (Fsp3) is 0.600. The highest BCUT2D eigenvalue weighted by atomic mass is 35.5. The largest absolute Gasteiger partial charge is 0.388 e. The molecule has 2 rings (SSSR count). The average Bonchev–Trinajstić information content (AvgIpc) is 3.21. The van der Waals surface area contributed by atoms with Crippen molar-refractivity contribution in [2.24, 2.45) is 5.92 Å². The summed E-state index contributed by atoms with van der Waals surface area (Å²) in [7, 11) is 0. The van der Waals surface area contributed by atoms with Crippen LogP contribution < -0.4 is 0 Å². The second-order valence-electron chi connectivity index (χ2n) is 5.28. The summed E-state index contributed by atoms with van der Waals surface area (Å²) in [5, 5.41) is 11.2. The van der Waals surface area contributed by atoms with Crippen molar-refractivity contribution in [3.63, 3.8) is 0 Å². The molecule has 106 valence electrons. The summed E-state index contributed by atoms with van der Waals surface area (Å²) in [6.45, 7) is 5.26. The Labute approximate surface area is 125 Å². The van der Waals surface area contributed by atoms with E-state index in [1.807, 2.05) is 12.1 Å². The molecule has 1 aliphatic rings. The van der Waals surface area contributed by atoms with Gasteiger partial charge in [-0.15, -0.1) is 0 Å². The third-order valence-corrected chi connectivity index (χ3v) is 4.55. The SMILES string of the molecule is CCN(CCC(O)c1cccc(Cl)c1Cl)CC1CC1. The highest BCUT2D eigenvalue weighted by Gasteiger charge is 2.24. The van der Waals surface area contributed by atoms with Gasteiger partial charge in [-0.1, -0.05) is 42.3 Å². The van der Waals surface area contributed by atoms with Crippen molar-refractivity contribution in [2.45, 2.75) is 32.3 Å². The summed E-state index contributed by atoms with van der Waals surface area (Å²) in [6, 6.07) is 5.41. The van der Waals surface area contributed by atoms with Crippen LogP contribution in [-0.2, 0) is 0 Å². The first kappa shape index (κ1) is 15.1. The Kier molecular flexibility index (Phi) is 5.52. The van der Waals surface area contributed by atoms with E-state index in [1.165, 1.54) is 12.8 Å². The van der Waals surface area contributed by atoms with Crippen LogP contribution in [0.25, 0.3) is 0 Å². The van der Waals surface area contributed by atoms with Gasteiger partial charge in [-0.25, -0.2) is 0 Å². The molecule has 1 saturated carbocycles. The Morgan fingerprint density at radius 3 is 2.74 bits per heavy atom. The van der Waals surface area contributed by atoms with Gasteiger partial charge in [-0.2, -0.15) is 0 Å². The van der Waals surface area contributed by atoms with E-state index in [4.69, 9.17) is 23.2 Å². The Hall–Kier alpha value is -0.280. The second-order valence-corrected chi connectivity index (χ2v) is 6.07. The summed E-state index contributed by atoms with van der Waals surface area (Å²) in [4.78, 5) is 2.40. The number of benzene rings is 1. The van der Waals surface area contributed by atoms with Crippen LogP contribution in [0.1, 0.15) is 37.9 Å². The van der Waals surface area contributed by atoms with Crippen molar-refractivity contribution in [2.75, 3.05) is 19.6 Å². The van der Waals surface area contributed by atoms with Crippen LogP contribution in [0.4, 0.5) is 0 Å². The van der Waals surface area contributed by atoms with Crippen molar-refractivity contribution in [3.05, 3.63) is 33.8 Å². The maximum Gasteiger partial charge on any atom is 0.0817 e. The Bertz CT molecular complexity index is 421. The molecule has 1 aliphatic carbocycles. The van der Waals surface area contributed by atoms with Crippen molar-refractivity contribution >= 4 is 23.2 Å². The second kappa shape index (κ2) is 6.94. The van der Waals surface area contributed by atoms with E-state index in [0.717, 1.165) is 31.1 Å². The molecule has 0 saturated heterocycles. The van der Waals surface area contributed by atoms with Gasteiger partial charge in [0.25, 0.3) is 0 Å². The van der Waals surface area contributed by atoms with Gasteiger partial charge < -0.3 is 10.0 Å². The lowest BCUT2D eigenvalue weighted by Gasteiger charge is -2.22. The third-order valence-electron chi connectivity index (χ3n) is 3.72. The van der Waals surface area contributed by atoms with Crippen LogP contribution >= 0.6 is 23.2 Å². The van der Waals surface area contributed by atoms with E-state index in [1.54, 1.807) is 6.07 Å². The van der Waals surface area contributed by atoms with Gasteiger partial charge in [0.1, 0.15) is 0 Å². The minimum atomic E-state index is -0.542. The Morgan fingerprint density at radius 1 is 1.37 bits per heavy atom. The molecule has 0 bridgehead atoms. The molecular weight excluding hydrogens is 281 g/mol. The molecule has 0 heterocycles. The molecule has 0 radical (unpaired) electrons. The molecule has 1 fully saturated rings. The minimum Gasteiger partial charge on any atom is -0.388 e. The van der Waals surface area contributed by atoms with E-state index < -0.39 is 6.10 Å². The quantitative estimate of drug-likeness (QED) is 0.818. The molecule has 4 heteroatoms. The molecule has 0 spiro atoms. The van der Waals surface area contributed by atoms with Crippen molar-refractivity contribution < 1.29 is 5.11 Å². The van der Waals surface area contributed by atoms with Crippen LogP contribution in [0.5, 0.6) is 0 Å². The van der Waals surface area contributed by atoms with Crippen LogP contribution in [0.2, 0.25) is 10.0 Å². The summed E-state index contributed by atoms with van der Waals surface area (Å²) in [5.41, 5.74) is 0.733. The number of aliphatic hydroxyl groups excluding tert-OH is 1. The average molecular weight is 302 g/mol. The van der Waals surface area contributed by atoms with E-state index in [9.17, 15) is 5.11 Å². The zero-order chi connectivity index (χ0) is 13.8. The number of hydrogen-bond donors (Lipinski definition) is 1. The molecule has 0 aliphatic heterocycles. The van der Waals surface area contributed by atoms with Crippen molar-refractivity contribution in [3.8, 4) is 0 Å². The lowest BCUT2D eigenvalue weighted by atomic mass is 10.1. The normalized spacial score (nSPS) is 16.9. The number of halogens is 2.